The quantitative estimate of drug-likeness (QED) is 0.612. The van der Waals surface area contributed by atoms with Crippen LogP contribution >= 0.6 is 35.1 Å². The van der Waals surface area contributed by atoms with E-state index in [-0.39, 0.29) is 18.0 Å². The number of ketones is 1. The predicted octanol–water partition coefficient (Wildman–Crippen LogP) is 3.72. The van der Waals surface area contributed by atoms with Crippen molar-refractivity contribution in [3.63, 3.8) is 0 Å². The molecule has 0 amide bonds. The highest BCUT2D eigenvalue weighted by molar-refractivity contribution is 8.03. The highest BCUT2D eigenvalue weighted by Gasteiger charge is 2.20. The fourth-order valence-electron chi connectivity index (χ4n) is 1.66. The smallest absolute Gasteiger partial charge is 0.304 e. The number of carboxylic acids is 1. The third-order valence-electron chi connectivity index (χ3n) is 2.57. The van der Waals surface area contributed by atoms with Crippen molar-refractivity contribution in [2.24, 2.45) is 0 Å². The number of carboxylic acid groups (broad SMARTS) is 1. The van der Waals surface area contributed by atoms with E-state index in [0.717, 1.165) is 15.6 Å². The molecular weight excluding hydrogens is 318 g/mol. The van der Waals surface area contributed by atoms with Crippen molar-refractivity contribution >= 4 is 52.6 Å². The lowest BCUT2D eigenvalue weighted by molar-refractivity contribution is -0.136. The maximum absolute atomic E-state index is 12.1. The summed E-state index contributed by atoms with van der Waals surface area (Å²) in [7, 11) is 0. The second-order valence-corrected chi connectivity index (χ2v) is 6.75. The summed E-state index contributed by atoms with van der Waals surface area (Å²) in [5.74, 6) is -0.311. The summed E-state index contributed by atoms with van der Waals surface area (Å²) in [5.41, 5.74) is 1.33. The van der Waals surface area contributed by atoms with Gasteiger partial charge in [0.1, 0.15) is 0 Å². The predicted molar refractivity (Wildman–Crippen MR) is 84.0 cm³/mol. The zero-order chi connectivity index (χ0) is 14.7. The molecule has 2 rings (SSSR count). The summed E-state index contributed by atoms with van der Waals surface area (Å²) >= 11 is 8.87. The Morgan fingerprint density at radius 1 is 1.45 bits per heavy atom. The van der Waals surface area contributed by atoms with Crippen LogP contribution in [0.1, 0.15) is 16.8 Å². The Labute approximate surface area is 130 Å². The number of halogens is 1. The molecule has 1 aromatic rings. The molecular formula is C13H12ClNO3S2. The molecule has 20 heavy (non-hydrogen) atoms. The largest absolute Gasteiger partial charge is 0.481 e. The van der Waals surface area contributed by atoms with Gasteiger partial charge >= 0.3 is 5.97 Å². The minimum Gasteiger partial charge on any atom is -0.481 e. The monoisotopic (exact) mass is 329 g/mol. The van der Waals surface area contributed by atoms with Gasteiger partial charge < -0.3 is 10.4 Å². The van der Waals surface area contributed by atoms with E-state index in [1.165, 1.54) is 23.5 Å². The van der Waals surface area contributed by atoms with Crippen LogP contribution in [0.3, 0.4) is 0 Å². The maximum Gasteiger partial charge on any atom is 0.304 e. The molecule has 4 nitrogen and oxygen atoms in total. The van der Waals surface area contributed by atoms with Crippen LogP contribution < -0.4 is 5.32 Å². The normalized spacial score (nSPS) is 12.9. The average Bonchev–Trinajstić information content (AvgIpc) is 2.72. The highest BCUT2D eigenvalue weighted by atomic mass is 35.5. The number of thioether (sulfide) groups is 2. The molecule has 2 N–H and O–H groups in total. The molecule has 0 saturated heterocycles. The second-order valence-electron chi connectivity index (χ2n) is 4.10. The van der Waals surface area contributed by atoms with Crippen LogP contribution in [0, 0.1) is 0 Å². The van der Waals surface area contributed by atoms with Gasteiger partial charge in [-0.25, -0.2) is 0 Å². The van der Waals surface area contributed by atoms with Crippen LogP contribution in [-0.4, -0.2) is 28.4 Å². The Balaban J connectivity index is 2.02. The number of nitrogens with one attached hydrogen (secondary N) is 1. The van der Waals surface area contributed by atoms with E-state index < -0.39 is 5.97 Å². The summed E-state index contributed by atoms with van der Waals surface area (Å²) in [6.45, 7) is 3.81. The van der Waals surface area contributed by atoms with Crippen molar-refractivity contribution < 1.29 is 14.7 Å². The molecule has 106 valence electrons. The Bertz CT molecular complexity index is 589. The molecule has 0 unspecified atom stereocenters. The lowest BCUT2D eigenvalue weighted by Crippen LogP contribution is -2.05. The zero-order valence-electron chi connectivity index (χ0n) is 10.4. The fourth-order valence-corrected chi connectivity index (χ4v) is 3.56. The summed E-state index contributed by atoms with van der Waals surface area (Å²) in [5, 5.41) is 12.8. The minimum absolute atomic E-state index is 0.0511. The van der Waals surface area contributed by atoms with Crippen molar-refractivity contribution in [1.82, 2.24) is 0 Å². The number of anilines is 1. The van der Waals surface area contributed by atoms with Crippen LogP contribution in [0.4, 0.5) is 5.69 Å². The molecule has 1 heterocycles. The van der Waals surface area contributed by atoms with Crippen molar-refractivity contribution in [2.45, 2.75) is 11.3 Å². The van der Waals surface area contributed by atoms with Crippen LogP contribution in [-0.2, 0) is 4.79 Å². The first-order chi connectivity index (χ1) is 9.47. The van der Waals surface area contributed by atoms with Gasteiger partial charge in [0.15, 0.2) is 5.78 Å². The minimum atomic E-state index is -0.860. The Morgan fingerprint density at radius 2 is 2.20 bits per heavy atom. The molecule has 0 aromatic heterocycles. The Hall–Kier alpha value is -1.11. The molecule has 0 fully saturated rings. The molecule has 1 aliphatic rings. The van der Waals surface area contributed by atoms with Gasteiger partial charge in [-0.2, -0.15) is 11.8 Å². The summed E-state index contributed by atoms with van der Waals surface area (Å²) in [6.07, 6.45) is 0.0511. The first-order valence-electron chi connectivity index (χ1n) is 5.77. The topological polar surface area (TPSA) is 66.4 Å². The number of fused-ring (bicyclic) bond motifs is 1. The van der Waals surface area contributed by atoms with Gasteiger partial charge in [-0.3, -0.25) is 9.59 Å². The standard InChI is InChI=1S/C13H12ClNO3S2/c1-7-15-10-5-9(14)8(4-12(10)20-7)11(16)6-19-3-2-13(17)18/h4-5,15H,1-3,6H2,(H,17,18). The molecule has 0 saturated carbocycles. The van der Waals surface area contributed by atoms with E-state index in [1.807, 2.05) is 0 Å². The number of hydrogen-bond donors (Lipinski definition) is 2. The van der Waals surface area contributed by atoms with Gasteiger partial charge in [0.25, 0.3) is 0 Å². The molecule has 0 spiro atoms. The number of carbonyl (C=O) groups excluding carboxylic acids is 1. The third kappa shape index (κ3) is 3.71. The lowest BCUT2D eigenvalue weighted by atomic mass is 10.1. The number of carbonyl (C=O) groups is 2. The zero-order valence-corrected chi connectivity index (χ0v) is 12.8. The molecule has 7 heteroatoms. The van der Waals surface area contributed by atoms with Gasteiger partial charge in [-0.05, 0) is 12.1 Å². The van der Waals surface area contributed by atoms with Crippen molar-refractivity contribution in [3.8, 4) is 0 Å². The van der Waals surface area contributed by atoms with E-state index in [4.69, 9.17) is 16.7 Å². The number of Topliss-reactive ketones (excluding diaryl/α,β-unsaturated/α-hetero) is 1. The molecule has 0 bridgehead atoms. The first-order valence-corrected chi connectivity index (χ1v) is 8.12. The van der Waals surface area contributed by atoms with Crippen molar-refractivity contribution in [2.75, 3.05) is 16.8 Å². The van der Waals surface area contributed by atoms with Gasteiger partial charge in [-0.15, -0.1) is 0 Å². The first kappa shape index (κ1) is 15.3. The van der Waals surface area contributed by atoms with E-state index in [0.29, 0.717) is 16.3 Å². The van der Waals surface area contributed by atoms with E-state index in [2.05, 4.69) is 11.9 Å². The second kappa shape index (κ2) is 6.56. The number of rotatable bonds is 6. The van der Waals surface area contributed by atoms with E-state index in [1.54, 1.807) is 12.1 Å². The van der Waals surface area contributed by atoms with E-state index >= 15 is 0 Å². The lowest BCUT2D eigenvalue weighted by Gasteiger charge is -2.06. The SMILES string of the molecule is C=C1Nc2cc(Cl)c(C(=O)CSCCC(=O)O)cc2S1. The number of benzene rings is 1. The number of hydrogen-bond acceptors (Lipinski definition) is 5. The highest BCUT2D eigenvalue weighted by Crippen LogP contribution is 2.42. The van der Waals surface area contributed by atoms with Crippen molar-refractivity contribution in [1.29, 1.82) is 0 Å². The van der Waals surface area contributed by atoms with Gasteiger partial charge in [0.05, 0.1) is 27.9 Å². The van der Waals surface area contributed by atoms with Gasteiger partial charge in [0.2, 0.25) is 0 Å². The Morgan fingerprint density at radius 3 is 2.90 bits per heavy atom. The third-order valence-corrected chi connectivity index (χ3v) is 4.75. The average molecular weight is 330 g/mol. The molecule has 0 aliphatic carbocycles. The van der Waals surface area contributed by atoms with Crippen LogP contribution in [0.15, 0.2) is 28.6 Å². The molecule has 1 aliphatic heterocycles. The van der Waals surface area contributed by atoms with Crippen molar-refractivity contribution in [3.05, 3.63) is 34.3 Å². The van der Waals surface area contributed by atoms with Gasteiger partial charge in [-0.1, -0.05) is 29.9 Å². The van der Waals surface area contributed by atoms with Crippen LogP contribution in [0.5, 0.6) is 0 Å². The summed E-state index contributed by atoms with van der Waals surface area (Å²) in [6, 6.07) is 3.48. The summed E-state index contributed by atoms with van der Waals surface area (Å²) in [4.78, 5) is 23.4. The summed E-state index contributed by atoms with van der Waals surface area (Å²) < 4.78 is 0. The molecule has 1 aromatic carbocycles. The van der Waals surface area contributed by atoms with Crippen LogP contribution in [0.25, 0.3) is 0 Å². The maximum atomic E-state index is 12.1. The number of aliphatic carboxylic acids is 1. The molecule has 0 radical (unpaired) electrons. The van der Waals surface area contributed by atoms with E-state index in [9.17, 15) is 9.59 Å². The van der Waals surface area contributed by atoms with Crippen LogP contribution in [0.2, 0.25) is 5.02 Å². The fraction of sp³-hybridized carbons (Fsp3) is 0.231. The Kier molecular flexibility index (Phi) is 5.01. The molecule has 0 atom stereocenters. The van der Waals surface area contributed by atoms with Gasteiger partial charge in [0, 0.05) is 16.2 Å².